The van der Waals surface area contributed by atoms with Gasteiger partial charge in [0, 0.05) is 18.0 Å². The third-order valence-corrected chi connectivity index (χ3v) is 5.79. The molecule has 1 aromatic heterocycles. The van der Waals surface area contributed by atoms with Crippen molar-refractivity contribution >= 4 is 28.5 Å². The number of aliphatic imine (C=N–C) groups is 1. The molecule has 2 aromatic carbocycles. The van der Waals surface area contributed by atoms with Crippen LogP contribution in [0.2, 0.25) is 0 Å². The third-order valence-electron chi connectivity index (χ3n) is 5.00. The van der Waals surface area contributed by atoms with Gasteiger partial charge in [-0.05, 0) is 49.2 Å². The molecule has 4 rings (SSSR count). The lowest BCUT2D eigenvalue weighted by molar-refractivity contribution is 0.102. The van der Waals surface area contributed by atoms with Gasteiger partial charge in [-0.25, -0.2) is 9.37 Å². The number of nitrogens with zero attached hydrogens (tertiary/aromatic N) is 2. The number of aromatic nitrogens is 1. The summed E-state index contributed by atoms with van der Waals surface area (Å²) in [5.41, 5.74) is 6.49. The summed E-state index contributed by atoms with van der Waals surface area (Å²) in [5, 5.41) is 3.13. The number of benzene rings is 2. The first-order valence-electron chi connectivity index (χ1n) is 9.71. The van der Waals surface area contributed by atoms with Gasteiger partial charge >= 0.3 is 0 Å². The molecule has 1 amide bonds. The van der Waals surface area contributed by atoms with Crippen molar-refractivity contribution in [2.75, 3.05) is 11.1 Å². The first kappa shape index (κ1) is 20.9. The van der Waals surface area contributed by atoms with Crippen LogP contribution in [0.5, 0.6) is 11.6 Å². The van der Waals surface area contributed by atoms with Crippen molar-refractivity contribution in [3.05, 3.63) is 83.8 Å². The summed E-state index contributed by atoms with van der Waals surface area (Å²) in [7, 11) is 0. The summed E-state index contributed by atoms with van der Waals surface area (Å²) in [5.74, 6) is 0.828. The van der Waals surface area contributed by atoms with Crippen LogP contribution in [-0.4, -0.2) is 21.8 Å². The van der Waals surface area contributed by atoms with E-state index < -0.39 is 17.3 Å². The monoisotopic (exact) mass is 436 g/mol. The summed E-state index contributed by atoms with van der Waals surface area (Å²) in [4.78, 5) is 21.3. The van der Waals surface area contributed by atoms with E-state index in [1.165, 1.54) is 24.0 Å². The number of pyridine rings is 1. The van der Waals surface area contributed by atoms with E-state index in [0.717, 1.165) is 17.7 Å². The second-order valence-corrected chi connectivity index (χ2v) is 8.39. The van der Waals surface area contributed by atoms with E-state index in [9.17, 15) is 9.18 Å². The van der Waals surface area contributed by atoms with Gasteiger partial charge in [0.1, 0.15) is 11.6 Å². The Morgan fingerprint density at radius 1 is 1.19 bits per heavy atom. The highest BCUT2D eigenvalue weighted by molar-refractivity contribution is 8.13. The second kappa shape index (κ2) is 8.77. The number of halogens is 1. The van der Waals surface area contributed by atoms with E-state index in [4.69, 9.17) is 10.5 Å². The maximum absolute atomic E-state index is 14.4. The average molecular weight is 437 g/mol. The van der Waals surface area contributed by atoms with Crippen molar-refractivity contribution in [3.63, 3.8) is 0 Å². The Morgan fingerprint density at radius 3 is 2.71 bits per heavy atom. The summed E-state index contributed by atoms with van der Waals surface area (Å²) in [6.07, 6.45) is 2.16. The van der Waals surface area contributed by atoms with Gasteiger partial charge in [-0.2, -0.15) is 0 Å². The highest BCUT2D eigenvalue weighted by atomic mass is 32.2. The number of hydrogen-bond acceptors (Lipinski definition) is 6. The maximum Gasteiger partial charge on any atom is 0.257 e. The van der Waals surface area contributed by atoms with Crippen LogP contribution in [0, 0.1) is 5.82 Å². The quantitative estimate of drug-likeness (QED) is 0.592. The second-order valence-electron chi connectivity index (χ2n) is 7.27. The Balaban J connectivity index is 1.50. The molecule has 1 atom stereocenters. The number of amides is 1. The highest BCUT2D eigenvalue weighted by Gasteiger charge is 2.30. The Bertz CT molecular complexity index is 1120. The summed E-state index contributed by atoms with van der Waals surface area (Å²) < 4.78 is 20.0. The van der Waals surface area contributed by atoms with Crippen LogP contribution in [0.3, 0.4) is 0 Å². The number of hydrogen-bond donors (Lipinski definition) is 2. The number of carbonyl (C=O) groups excluding carboxylic acids is 1. The minimum Gasteiger partial charge on any atom is -0.439 e. The van der Waals surface area contributed by atoms with E-state index >= 15 is 0 Å². The molecule has 0 saturated carbocycles. The van der Waals surface area contributed by atoms with Gasteiger partial charge in [0.25, 0.3) is 5.91 Å². The van der Waals surface area contributed by atoms with Crippen molar-refractivity contribution in [3.8, 4) is 11.6 Å². The molecule has 6 nitrogen and oxygen atoms in total. The molecule has 3 N–H and O–H groups in total. The Kier molecular flexibility index (Phi) is 5.90. The molecule has 2 heterocycles. The fourth-order valence-electron chi connectivity index (χ4n) is 3.23. The fourth-order valence-corrected chi connectivity index (χ4v) is 4.20. The van der Waals surface area contributed by atoms with E-state index in [-0.39, 0.29) is 11.3 Å². The van der Waals surface area contributed by atoms with Crippen LogP contribution in [0.25, 0.3) is 0 Å². The molecule has 158 valence electrons. The van der Waals surface area contributed by atoms with Gasteiger partial charge in [0.05, 0.1) is 16.8 Å². The van der Waals surface area contributed by atoms with Crippen LogP contribution >= 0.6 is 11.8 Å². The van der Waals surface area contributed by atoms with E-state index in [1.807, 2.05) is 25.1 Å². The smallest absolute Gasteiger partial charge is 0.257 e. The van der Waals surface area contributed by atoms with Crippen LogP contribution in [0.1, 0.15) is 29.3 Å². The van der Waals surface area contributed by atoms with Crippen molar-refractivity contribution in [2.45, 2.75) is 18.9 Å². The molecule has 0 aliphatic carbocycles. The molecule has 31 heavy (non-hydrogen) atoms. The number of thioether (sulfide) groups is 1. The fraction of sp³-hybridized carbons (Fsp3) is 0.174. The first-order chi connectivity index (χ1) is 14.9. The van der Waals surface area contributed by atoms with Gasteiger partial charge < -0.3 is 15.8 Å². The van der Waals surface area contributed by atoms with Crippen molar-refractivity contribution in [1.82, 2.24) is 4.98 Å². The number of nitrogens with two attached hydrogens (primary N) is 1. The largest absolute Gasteiger partial charge is 0.439 e. The number of anilines is 1. The van der Waals surface area contributed by atoms with E-state index in [1.54, 1.807) is 36.4 Å². The Hall–Kier alpha value is -3.39. The molecule has 0 spiro atoms. The predicted octanol–water partition coefficient (Wildman–Crippen LogP) is 4.93. The zero-order valence-corrected chi connectivity index (χ0v) is 17.7. The topological polar surface area (TPSA) is 89.6 Å². The zero-order valence-electron chi connectivity index (χ0n) is 16.8. The highest BCUT2D eigenvalue weighted by Crippen LogP contribution is 2.36. The lowest BCUT2D eigenvalue weighted by atomic mass is 9.89. The zero-order chi connectivity index (χ0) is 21.8. The minimum atomic E-state index is -0.555. The molecular formula is C23H21FN4O2S. The molecule has 1 aliphatic rings. The van der Waals surface area contributed by atoms with Crippen LogP contribution in [0.15, 0.2) is 71.9 Å². The van der Waals surface area contributed by atoms with Crippen molar-refractivity contribution in [2.24, 2.45) is 10.7 Å². The molecule has 1 aliphatic heterocycles. The van der Waals surface area contributed by atoms with Gasteiger partial charge in [-0.15, -0.1) is 0 Å². The van der Waals surface area contributed by atoms with Crippen LogP contribution in [-0.2, 0) is 5.54 Å². The molecule has 0 saturated heterocycles. The number of para-hydroxylation sites is 1. The SMILES string of the molecule is CC1(c2ccc(F)c(NC(=O)c3ccc(Oc4ccccc4)nc3)c2)CCSC(N)=N1. The number of carbonyl (C=O) groups is 1. The minimum absolute atomic E-state index is 0.0836. The lowest BCUT2D eigenvalue weighted by Crippen LogP contribution is -2.29. The summed E-state index contributed by atoms with van der Waals surface area (Å²) in [6.45, 7) is 1.95. The van der Waals surface area contributed by atoms with Crippen molar-refractivity contribution in [1.29, 1.82) is 0 Å². The number of ether oxygens (including phenoxy) is 1. The Labute approximate surface area is 183 Å². The molecule has 1 unspecified atom stereocenters. The maximum atomic E-state index is 14.4. The molecular weight excluding hydrogens is 415 g/mol. The van der Waals surface area contributed by atoms with Crippen molar-refractivity contribution < 1.29 is 13.9 Å². The number of amidine groups is 1. The first-order valence-corrected chi connectivity index (χ1v) is 10.7. The standard InChI is InChI=1S/C23H21FN4O2S/c1-23(11-12-31-22(25)28-23)16-8-9-18(24)19(13-16)27-21(29)15-7-10-20(26-14-15)30-17-5-3-2-4-6-17/h2-10,13-14H,11-12H2,1H3,(H2,25,28)(H,27,29). The Morgan fingerprint density at radius 2 is 2.00 bits per heavy atom. The average Bonchev–Trinajstić information content (AvgIpc) is 2.76. The van der Waals surface area contributed by atoms with Crippen LogP contribution in [0.4, 0.5) is 10.1 Å². The lowest BCUT2D eigenvalue weighted by Gasteiger charge is -2.30. The van der Waals surface area contributed by atoms with Gasteiger partial charge in [0.2, 0.25) is 5.88 Å². The number of nitrogens with one attached hydrogen (secondary N) is 1. The molecule has 3 aromatic rings. The molecule has 8 heteroatoms. The van der Waals surface area contributed by atoms with Gasteiger partial charge in [-0.1, -0.05) is 36.0 Å². The molecule has 0 radical (unpaired) electrons. The van der Waals surface area contributed by atoms with Crippen LogP contribution < -0.4 is 15.8 Å². The summed E-state index contributed by atoms with van der Waals surface area (Å²) in [6, 6.07) is 17.0. The molecule has 0 fully saturated rings. The predicted molar refractivity (Wildman–Crippen MR) is 121 cm³/mol. The summed E-state index contributed by atoms with van der Waals surface area (Å²) >= 11 is 1.50. The number of rotatable bonds is 5. The van der Waals surface area contributed by atoms with Gasteiger partial charge in [0.15, 0.2) is 5.17 Å². The third kappa shape index (κ3) is 4.86. The van der Waals surface area contributed by atoms with E-state index in [0.29, 0.717) is 16.8 Å². The molecule has 0 bridgehead atoms. The van der Waals surface area contributed by atoms with E-state index in [2.05, 4.69) is 15.3 Å². The normalized spacial score (nSPS) is 18.2. The van der Waals surface area contributed by atoms with Gasteiger partial charge in [-0.3, -0.25) is 9.79 Å².